The molecular weight excluding hydrogens is 268 g/mol. The van der Waals surface area contributed by atoms with Gasteiger partial charge in [0.25, 0.3) is 10.2 Å². The van der Waals surface area contributed by atoms with Crippen LogP contribution < -0.4 is 4.72 Å². The van der Waals surface area contributed by atoms with E-state index >= 15 is 0 Å². The van der Waals surface area contributed by atoms with Gasteiger partial charge in [-0.1, -0.05) is 19.8 Å². The maximum atomic E-state index is 12.3. The lowest BCUT2D eigenvalue weighted by molar-refractivity contribution is -0.141. The van der Waals surface area contributed by atoms with Crippen molar-refractivity contribution in [3.05, 3.63) is 0 Å². The molecule has 2 rings (SSSR count). The summed E-state index contributed by atoms with van der Waals surface area (Å²) in [6.45, 7) is 2.23. The van der Waals surface area contributed by atoms with Gasteiger partial charge in [-0.25, -0.2) is 4.72 Å². The third kappa shape index (κ3) is 2.93. The van der Waals surface area contributed by atoms with E-state index in [2.05, 4.69) is 4.72 Å². The summed E-state index contributed by atoms with van der Waals surface area (Å²) < 4.78 is 28.4. The summed E-state index contributed by atoms with van der Waals surface area (Å²) in [6.07, 6.45) is 4.92. The van der Waals surface area contributed by atoms with Gasteiger partial charge < -0.3 is 5.11 Å². The van der Waals surface area contributed by atoms with E-state index in [0.717, 1.165) is 25.7 Å². The minimum atomic E-state index is -3.68. The molecule has 7 heteroatoms. The molecule has 1 saturated heterocycles. The molecule has 3 atom stereocenters. The van der Waals surface area contributed by atoms with Gasteiger partial charge in [-0.2, -0.15) is 12.7 Å². The SMILES string of the molecule is CCCNS(=O)(=O)N1C(C(=O)O)CC2CCCCC21. The van der Waals surface area contributed by atoms with Gasteiger partial charge >= 0.3 is 5.97 Å². The number of nitrogens with one attached hydrogen (secondary N) is 1. The van der Waals surface area contributed by atoms with E-state index in [4.69, 9.17) is 0 Å². The van der Waals surface area contributed by atoms with Crippen molar-refractivity contribution < 1.29 is 18.3 Å². The van der Waals surface area contributed by atoms with E-state index in [1.54, 1.807) is 0 Å². The fraction of sp³-hybridized carbons (Fsp3) is 0.917. The van der Waals surface area contributed by atoms with Crippen molar-refractivity contribution in [2.24, 2.45) is 5.92 Å². The molecule has 0 aromatic rings. The van der Waals surface area contributed by atoms with Crippen molar-refractivity contribution in [3.8, 4) is 0 Å². The highest BCUT2D eigenvalue weighted by molar-refractivity contribution is 7.87. The molecule has 0 bridgehead atoms. The average molecular weight is 290 g/mol. The van der Waals surface area contributed by atoms with E-state index in [1.165, 1.54) is 4.31 Å². The fourth-order valence-electron chi connectivity index (χ4n) is 3.28. The number of carboxylic acid groups (broad SMARTS) is 1. The Balaban J connectivity index is 2.24. The number of fused-ring (bicyclic) bond motifs is 1. The highest BCUT2D eigenvalue weighted by atomic mass is 32.2. The largest absolute Gasteiger partial charge is 0.480 e. The molecule has 3 unspecified atom stereocenters. The number of nitrogens with zero attached hydrogens (tertiary/aromatic N) is 1. The van der Waals surface area contributed by atoms with Crippen LogP contribution in [0.25, 0.3) is 0 Å². The van der Waals surface area contributed by atoms with Crippen LogP contribution in [0.1, 0.15) is 45.4 Å². The lowest BCUT2D eigenvalue weighted by atomic mass is 9.85. The van der Waals surface area contributed by atoms with Crippen LogP contribution in [0.2, 0.25) is 0 Å². The Morgan fingerprint density at radius 2 is 2.05 bits per heavy atom. The molecule has 0 spiro atoms. The van der Waals surface area contributed by atoms with Crippen LogP contribution in [0.3, 0.4) is 0 Å². The molecule has 1 heterocycles. The van der Waals surface area contributed by atoms with E-state index in [-0.39, 0.29) is 12.0 Å². The molecule has 0 radical (unpaired) electrons. The molecule has 1 saturated carbocycles. The first-order valence-corrected chi connectivity index (χ1v) is 8.42. The van der Waals surface area contributed by atoms with E-state index < -0.39 is 22.2 Å². The number of hydrogen-bond acceptors (Lipinski definition) is 3. The van der Waals surface area contributed by atoms with Crippen LogP contribution in [0, 0.1) is 5.92 Å². The third-order valence-corrected chi connectivity index (χ3v) is 5.78. The van der Waals surface area contributed by atoms with E-state index in [0.29, 0.717) is 19.4 Å². The van der Waals surface area contributed by atoms with Crippen LogP contribution in [-0.4, -0.2) is 42.4 Å². The molecule has 2 fully saturated rings. The third-order valence-electron chi connectivity index (χ3n) is 4.13. The van der Waals surface area contributed by atoms with Gasteiger partial charge in [-0.05, 0) is 31.6 Å². The zero-order chi connectivity index (χ0) is 14.0. The van der Waals surface area contributed by atoms with Crippen LogP contribution in [0.5, 0.6) is 0 Å². The first-order chi connectivity index (χ1) is 8.97. The first kappa shape index (κ1) is 14.7. The molecule has 0 aromatic heterocycles. The van der Waals surface area contributed by atoms with Crippen LogP contribution in [-0.2, 0) is 15.0 Å². The molecule has 0 amide bonds. The topological polar surface area (TPSA) is 86.7 Å². The molecular formula is C12H22N2O4S. The number of carboxylic acids is 1. The Morgan fingerprint density at radius 3 is 2.68 bits per heavy atom. The maximum Gasteiger partial charge on any atom is 0.322 e. The smallest absolute Gasteiger partial charge is 0.322 e. The molecule has 0 aromatic carbocycles. The number of hydrogen-bond donors (Lipinski definition) is 2. The van der Waals surface area contributed by atoms with Crippen molar-refractivity contribution in [1.29, 1.82) is 0 Å². The minimum Gasteiger partial charge on any atom is -0.480 e. The van der Waals surface area contributed by atoms with Crippen LogP contribution in [0.15, 0.2) is 0 Å². The Hall–Kier alpha value is -0.660. The monoisotopic (exact) mass is 290 g/mol. The first-order valence-electron chi connectivity index (χ1n) is 6.98. The van der Waals surface area contributed by atoms with Crippen molar-refractivity contribution in [3.63, 3.8) is 0 Å². The second-order valence-corrected chi connectivity index (χ2v) is 7.09. The summed E-state index contributed by atoms with van der Waals surface area (Å²) in [4.78, 5) is 11.3. The van der Waals surface area contributed by atoms with Crippen LogP contribution >= 0.6 is 0 Å². The van der Waals surface area contributed by atoms with Crippen molar-refractivity contribution in [2.75, 3.05) is 6.54 Å². The van der Waals surface area contributed by atoms with Gasteiger partial charge in [0, 0.05) is 12.6 Å². The molecule has 6 nitrogen and oxygen atoms in total. The molecule has 1 aliphatic heterocycles. The number of carbonyl (C=O) groups is 1. The second kappa shape index (κ2) is 5.76. The second-order valence-electron chi connectivity index (χ2n) is 5.43. The van der Waals surface area contributed by atoms with Crippen molar-refractivity contribution in [2.45, 2.75) is 57.5 Å². The quantitative estimate of drug-likeness (QED) is 0.789. The molecule has 2 N–H and O–H groups in total. The highest BCUT2D eigenvalue weighted by Crippen LogP contribution is 2.41. The molecule has 110 valence electrons. The minimum absolute atomic E-state index is 0.135. The van der Waals surface area contributed by atoms with E-state index in [1.807, 2.05) is 6.92 Å². The molecule has 19 heavy (non-hydrogen) atoms. The number of aliphatic carboxylic acids is 1. The van der Waals surface area contributed by atoms with Crippen LogP contribution in [0.4, 0.5) is 0 Å². The predicted molar refractivity (Wildman–Crippen MR) is 70.8 cm³/mol. The Morgan fingerprint density at radius 1 is 1.37 bits per heavy atom. The normalized spacial score (nSPS) is 32.2. The van der Waals surface area contributed by atoms with Crippen molar-refractivity contribution in [1.82, 2.24) is 9.03 Å². The predicted octanol–water partition coefficient (Wildman–Crippen LogP) is 0.948. The standard InChI is InChI=1S/C12H22N2O4S/c1-2-7-13-19(17,18)14-10-6-4-3-5-9(10)8-11(14)12(15)16/h9-11,13H,2-8H2,1H3,(H,15,16). The summed E-state index contributed by atoms with van der Waals surface area (Å²) >= 11 is 0. The Labute approximate surface area is 114 Å². The van der Waals surface area contributed by atoms with Gasteiger partial charge in [-0.15, -0.1) is 0 Å². The molecule has 1 aliphatic carbocycles. The summed E-state index contributed by atoms with van der Waals surface area (Å²) in [6, 6.07) is -1.04. The van der Waals surface area contributed by atoms with Gasteiger partial charge in [0.05, 0.1) is 0 Å². The van der Waals surface area contributed by atoms with Gasteiger partial charge in [0.15, 0.2) is 0 Å². The van der Waals surface area contributed by atoms with E-state index in [9.17, 15) is 18.3 Å². The summed E-state index contributed by atoms with van der Waals surface area (Å²) in [5.41, 5.74) is 0. The summed E-state index contributed by atoms with van der Waals surface area (Å²) in [5, 5.41) is 9.29. The lowest BCUT2D eigenvalue weighted by Gasteiger charge is -2.31. The summed E-state index contributed by atoms with van der Waals surface area (Å²) in [7, 11) is -3.68. The summed E-state index contributed by atoms with van der Waals surface area (Å²) in [5.74, 6) is -0.829. The number of rotatable bonds is 5. The highest BCUT2D eigenvalue weighted by Gasteiger charge is 2.50. The average Bonchev–Trinajstić information content (AvgIpc) is 2.76. The fourth-order valence-corrected chi connectivity index (χ4v) is 5.04. The zero-order valence-electron chi connectivity index (χ0n) is 11.2. The van der Waals surface area contributed by atoms with Gasteiger partial charge in [0.1, 0.15) is 6.04 Å². The zero-order valence-corrected chi connectivity index (χ0v) is 12.0. The van der Waals surface area contributed by atoms with Crippen molar-refractivity contribution >= 4 is 16.2 Å². The van der Waals surface area contributed by atoms with Gasteiger partial charge in [0.2, 0.25) is 0 Å². The Bertz CT molecular complexity index is 437. The maximum absolute atomic E-state index is 12.3. The van der Waals surface area contributed by atoms with Gasteiger partial charge in [-0.3, -0.25) is 4.79 Å². The molecule has 2 aliphatic rings. The Kier molecular flexibility index (Phi) is 4.47. The lowest BCUT2D eigenvalue weighted by Crippen LogP contribution is -2.51.